The van der Waals surface area contributed by atoms with Crippen LogP contribution < -0.4 is 10.6 Å². The summed E-state index contributed by atoms with van der Waals surface area (Å²) in [5, 5.41) is 6.49. The lowest BCUT2D eigenvalue weighted by molar-refractivity contribution is 0.521. The molecular formula is C22H21N5O2S2. The van der Waals surface area contributed by atoms with E-state index < -0.39 is 10.0 Å². The van der Waals surface area contributed by atoms with Gasteiger partial charge < -0.3 is 15.6 Å². The van der Waals surface area contributed by atoms with E-state index in [1.54, 1.807) is 24.3 Å². The number of para-hydroxylation sites is 2. The molecule has 3 aromatic carbocycles. The van der Waals surface area contributed by atoms with Crippen molar-refractivity contribution in [3.8, 4) is 11.4 Å². The number of fused-ring (bicyclic) bond motifs is 1. The van der Waals surface area contributed by atoms with Gasteiger partial charge in [-0.2, -0.15) is 0 Å². The number of nitrogens with one attached hydrogen (secondary N) is 3. The molecule has 0 spiro atoms. The fraction of sp³-hybridized carbons (Fsp3) is 0.0909. The van der Waals surface area contributed by atoms with Gasteiger partial charge in [-0.15, -0.1) is 0 Å². The van der Waals surface area contributed by atoms with Gasteiger partial charge in [0.1, 0.15) is 5.82 Å². The van der Waals surface area contributed by atoms with E-state index in [9.17, 15) is 8.42 Å². The molecule has 0 fully saturated rings. The summed E-state index contributed by atoms with van der Waals surface area (Å²) in [5.74, 6) is 0.798. The first-order valence-electron chi connectivity index (χ1n) is 9.49. The number of nitrogens with zero attached hydrogens (tertiary/aromatic N) is 2. The smallest absolute Gasteiger partial charge is 0.242 e. The molecule has 158 valence electrons. The lowest BCUT2D eigenvalue weighted by Gasteiger charge is -2.14. The summed E-state index contributed by atoms with van der Waals surface area (Å²) in [7, 11) is -0.521. The molecule has 0 atom stereocenters. The van der Waals surface area contributed by atoms with Crippen LogP contribution in [0, 0.1) is 0 Å². The Labute approximate surface area is 186 Å². The van der Waals surface area contributed by atoms with Crippen LogP contribution in [0.3, 0.4) is 0 Å². The number of hydrogen-bond donors (Lipinski definition) is 3. The molecule has 0 bridgehead atoms. The Bertz CT molecular complexity index is 1310. The van der Waals surface area contributed by atoms with E-state index in [0.717, 1.165) is 28.1 Å². The number of aromatic amines is 1. The van der Waals surface area contributed by atoms with Crippen LogP contribution in [-0.2, 0) is 10.0 Å². The van der Waals surface area contributed by atoms with E-state index in [2.05, 4.69) is 20.6 Å². The zero-order valence-electron chi connectivity index (χ0n) is 17.0. The van der Waals surface area contributed by atoms with Gasteiger partial charge in [-0.1, -0.05) is 18.2 Å². The van der Waals surface area contributed by atoms with Crippen LogP contribution in [-0.4, -0.2) is 41.9 Å². The summed E-state index contributed by atoms with van der Waals surface area (Å²) in [6.07, 6.45) is 0. The molecule has 0 saturated heterocycles. The predicted molar refractivity (Wildman–Crippen MR) is 129 cm³/mol. The van der Waals surface area contributed by atoms with Crippen molar-refractivity contribution in [1.82, 2.24) is 14.3 Å². The molecule has 0 amide bonds. The largest absolute Gasteiger partial charge is 0.338 e. The van der Waals surface area contributed by atoms with Crippen molar-refractivity contribution in [2.45, 2.75) is 4.90 Å². The van der Waals surface area contributed by atoms with Gasteiger partial charge >= 0.3 is 0 Å². The lowest BCUT2D eigenvalue weighted by Crippen LogP contribution is -2.23. The molecule has 0 unspecified atom stereocenters. The average Bonchev–Trinajstić information content (AvgIpc) is 3.18. The van der Waals surface area contributed by atoms with Crippen molar-refractivity contribution in [1.29, 1.82) is 0 Å². The van der Waals surface area contributed by atoms with Gasteiger partial charge in [-0.3, -0.25) is 0 Å². The first-order valence-corrected chi connectivity index (χ1v) is 11.3. The number of thiocarbonyl (C=S) groups is 1. The number of anilines is 2. The van der Waals surface area contributed by atoms with E-state index in [4.69, 9.17) is 12.2 Å². The third kappa shape index (κ3) is 4.58. The van der Waals surface area contributed by atoms with E-state index in [-0.39, 0.29) is 4.90 Å². The molecular weight excluding hydrogens is 430 g/mol. The lowest BCUT2D eigenvalue weighted by atomic mass is 10.2. The van der Waals surface area contributed by atoms with Crippen LogP contribution in [0.15, 0.2) is 77.7 Å². The third-order valence-corrected chi connectivity index (χ3v) is 6.69. The van der Waals surface area contributed by atoms with Crippen molar-refractivity contribution in [3.05, 3.63) is 72.8 Å². The third-order valence-electron chi connectivity index (χ3n) is 4.68. The Morgan fingerprint density at radius 2 is 1.65 bits per heavy atom. The molecule has 0 saturated carbocycles. The Hall–Kier alpha value is -3.27. The summed E-state index contributed by atoms with van der Waals surface area (Å²) >= 11 is 5.38. The Kier molecular flexibility index (Phi) is 5.73. The number of rotatable bonds is 5. The summed E-state index contributed by atoms with van der Waals surface area (Å²) in [6, 6.07) is 22.1. The molecule has 1 aromatic heterocycles. The van der Waals surface area contributed by atoms with Crippen molar-refractivity contribution in [2.75, 3.05) is 24.7 Å². The molecule has 0 radical (unpaired) electrons. The maximum atomic E-state index is 12.3. The molecule has 4 rings (SSSR count). The zero-order valence-corrected chi connectivity index (χ0v) is 18.6. The minimum absolute atomic E-state index is 0.195. The van der Waals surface area contributed by atoms with Gasteiger partial charge in [-0.25, -0.2) is 17.7 Å². The van der Waals surface area contributed by atoms with Crippen LogP contribution in [0.1, 0.15) is 0 Å². The van der Waals surface area contributed by atoms with Crippen molar-refractivity contribution in [3.63, 3.8) is 0 Å². The highest BCUT2D eigenvalue weighted by Gasteiger charge is 2.17. The van der Waals surface area contributed by atoms with Gasteiger partial charge in [0, 0.05) is 31.0 Å². The standard InChI is InChI=1S/C22H21N5O2S2/c1-27(2)31(28,29)18-7-5-6-17(14-18)24-22(30)23-16-12-10-15(11-13-16)21-25-19-8-3-4-9-20(19)26-21/h3-14H,1-2H3,(H,25,26)(H2,23,24,30). The number of sulfonamides is 1. The molecule has 4 aromatic rings. The number of hydrogen-bond acceptors (Lipinski definition) is 4. The molecule has 0 aliphatic carbocycles. The SMILES string of the molecule is CN(C)S(=O)(=O)c1cccc(NC(=S)Nc2ccc(-c3nc4ccccc4[nH]3)cc2)c1. The molecule has 31 heavy (non-hydrogen) atoms. The van der Waals surface area contributed by atoms with Crippen LogP contribution >= 0.6 is 12.2 Å². The first kappa shape index (κ1) is 21.0. The van der Waals surface area contributed by atoms with Crippen molar-refractivity contribution in [2.24, 2.45) is 0 Å². The second kappa shape index (κ2) is 8.46. The fourth-order valence-electron chi connectivity index (χ4n) is 3.04. The van der Waals surface area contributed by atoms with Crippen LogP contribution in [0.25, 0.3) is 22.4 Å². The van der Waals surface area contributed by atoms with E-state index in [1.165, 1.54) is 18.4 Å². The maximum Gasteiger partial charge on any atom is 0.242 e. The molecule has 9 heteroatoms. The fourth-order valence-corrected chi connectivity index (χ4v) is 4.22. The van der Waals surface area contributed by atoms with Crippen LogP contribution in [0.4, 0.5) is 11.4 Å². The summed E-state index contributed by atoms with van der Waals surface area (Å²) < 4.78 is 25.8. The Morgan fingerprint density at radius 3 is 2.35 bits per heavy atom. The summed E-state index contributed by atoms with van der Waals surface area (Å²) in [5.41, 5.74) is 4.25. The minimum Gasteiger partial charge on any atom is -0.338 e. The highest BCUT2D eigenvalue weighted by atomic mass is 32.2. The van der Waals surface area contributed by atoms with Crippen LogP contribution in [0.5, 0.6) is 0 Å². The number of benzene rings is 3. The van der Waals surface area contributed by atoms with Crippen molar-refractivity contribution < 1.29 is 8.42 Å². The molecule has 0 aliphatic heterocycles. The van der Waals surface area contributed by atoms with E-state index in [1.807, 2.05) is 48.5 Å². The second-order valence-corrected chi connectivity index (χ2v) is 9.63. The van der Waals surface area contributed by atoms with Gasteiger partial charge in [-0.05, 0) is 66.8 Å². The quantitative estimate of drug-likeness (QED) is 0.392. The highest BCUT2D eigenvalue weighted by molar-refractivity contribution is 7.89. The molecule has 0 aliphatic rings. The number of imidazole rings is 1. The first-order chi connectivity index (χ1) is 14.8. The maximum absolute atomic E-state index is 12.3. The summed E-state index contributed by atoms with van der Waals surface area (Å²) in [6.45, 7) is 0. The van der Waals surface area contributed by atoms with Gasteiger partial charge in [0.05, 0.1) is 15.9 Å². The molecule has 7 nitrogen and oxygen atoms in total. The number of H-pyrrole nitrogens is 1. The van der Waals surface area contributed by atoms with E-state index >= 15 is 0 Å². The van der Waals surface area contributed by atoms with Crippen molar-refractivity contribution >= 4 is 49.8 Å². The van der Waals surface area contributed by atoms with Crippen LogP contribution in [0.2, 0.25) is 0 Å². The highest BCUT2D eigenvalue weighted by Crippen LogP contribution is 2.22. The predicted octanol–water partition coefficient (Wildman–Crippen LogP) is 4.29. The Morgan fingerprint density at radius 1 is 0.935 bits per heavy atom. The monoisotopic (exact) mass is 451 g/mol. The molecule has 1 heterocycles. The van der Waals surface area contributed by atoms with E-state index in [0.29, 0.717) is 10.8 Å². The Balaban J connectivity index is 1.44. The topological polar surface area (TPSA) is 90.1 Å². The van der Waals surface area contributed by atoms with Gasteiger partial charge in [0.15, 0.2) is 5.11 Å². The van der Waals surface area contributed by atoms with Gasteiger partial charge in [0.25, 0.3) is 0 Å². The average molecular weight is 452 g/mol. The molecule has 3 N–H and O–H groups in total. The van der Waals surface area contributed by atoms with Gasteiger partial charge in [0.2, 0.25) is 10.0 Å². The number of aromatic nitrogens is 2. The normalized spacial score (nSPS) is 11.6. The minimum atomic E-state index is -3.51. The second-order valence-electron chi connectivity index (χ2n) is 7.07. The zero-order chi connectivity index (χ0) is 22.0. The summed E-state index contributed by atoms with van der Waals surface area (Å²) in [4.78, 5) is 8.11.